The zero-order valence-corrected chi connectivity index (χ0v) is 6.39. The standard InChI is InChI=1S/C7H6N4O/c1-4-2-8-6-5(11-4)7(12)10-3-9-6/h2-3H,1H3,(H,8,9,10,12). The minimum Gasteiger partial charge on any atom is -0.492 e. The van der Waals surface area contributed by atoms with Crippen molar-refractivity contribution in [2.75, 3.05) is 0 Å². The predicted molar refractivity (Wildman–Crippen MR) is 41.5 cm³/mol. The van der Waals surface area contributed by atoms with Crippen LogP contribution in [-0.4, -0.2) is 25.0 Å². The largest absolute Gasteiger partial charge is 0.492 e. The number of hydrogen-bond acceptors (Lipinski definition) is 5. The fourth-order valence-corrected chi connectivity index (χ4v) is 0.915. The van der Waals surface area contributed by atoms with Crippen molar-refractivity contribution in [1.29, 1.82) is 0 Å². The van der Waals surface area contributed by atoms with Gasteiger partial charge in [-0.05, 0) is 6.92 Å². The second-order valence-corrected chi connectivity index (χ2v) is 2.38. The molecule has 1 N–H and O–H groups in total. The Labute approximate surface area is 68.2 Å². The molecule has 0 saturated heterocycles. The van der Waals surface area contributed by atoms with E-state index in [0.717, 1.165) is 5.69 Å². The van der Waals surface area contributed by atoms with Crippen LogP contribution in [0.5, 0.6) is 5.88 Å². The Kier molecular flexibility index (Phi) is 1.36. The molecule has 2 heterocycles. The summed E-state index contributed by atoms with van der Waals surface area (Å²) in [5, 5.41) is 9.24. The molecular weight excluding hydrogens is 156 g/mol. The minimum atomic E-state index is -0.129. The first-order valence-corrected chi connectivity index (χ1v) is 3.40. The Bertz CT molecular complexity index is 429. The van der Waals surface area contributed by atoms with E-state index in [4.69, 9.17) is 0 Å². The Balaban J connectivity index is 2.88. The fraction of sp³-hybridized carbons (Fsp3) is 0.143. The SMILES string of the molecule is Cc1cnc2ncnc(O)c2n1. The van der Waals surface area contributed by atoms with E-state index >= 15 is 0 Å². The maximum absolute atomic E-state index is 9.24. The zero-order valence-electron chi connectivity index (χ0n) is 6.39. The lowest BCUT2D eigenvalue weighted by Crippen LogP contribution is -1.91. The Morgan fingerprint density at radius 2 is 2.08 bits per heavy atom. The molecule has 5 heteroatoms. The molecule has 0 aliphatic heterocycles. The van der Waals surface area contributed by atoms with Gasteiger partial charge in [-0.3, -0.25) is 0 Å². The lowest BCUT2D eigenvalue weighted by atomic mass is 10.4. The Hall–Kier alpha value is -1.78. The lowest BCUT2D eigenvalue weighted by molar-refractivity contribution is 0.457. The topological polar surface area (TPSA) is 71.8 Å². The maximum atomic E-state index is 9.24. The Morgan fingerprint density at radius 3 is 2.92 bits per heavy atom. The highest BCUT2D eigenvalue weighted by Gasteiger charge is 2.03. The van der Waals surface area contributed by atoms with Gasteiger partial charge in [0.05, 0.1) is 11.9 Å². The van der Waals surface area contributed by atoms with Gasteiger partial charge in [0, 0.05) is 0 Å². The molecule has 12 heavy (non-hydrogen) atoms. The van der Waals surface area contributed by atoms with Gasteiger partial charge >= 0.3 is 0 Å². The molecule has 0 aromatic carbocycles. The van der Waals surface area contributed by atoms with Crippen LogP contribution in [0.1, 0.15) is 5.69 Å². The number of aromatic nitrogens is 4. The van der Waals surface area contributed by atoms with Crippen molar-refractivity contribution in [2.45, 2.75) is 6.92 Å². The van der Waals surface area contributed by atoms with Crippen LogP contribution < -0.4 is 0 Å². The normalized spacial score (nSPS) is 10.4. The summed E-state index contributed by atoms with van der Waals surface area (Å²) in [5.41, 5.74) is 1.48. The van der Waals surface area contributed by atoms with Crippen molar-refractivity contribution in [2.24, 2.45) is 0 Å². The van der Waals surface area contributed by atoms with E-state index in [1.165, 1.54) is 6.33 Å². The van der Waals surface area contributed by atoms with Crippen molar-refractivity contribution in [3.63, 3.8) is 0 Å². The highest BCUT2D eigenvalue weighted by molar-refractivity contribution is 5.74. The van der Waals surface area contributed by atoms with Crippen LogP contribution in [0.3, 0.4) is 0 Å². The molecule has 0 bridgehead atoms. The number of hydrogen-bond donors (Lipinski definition) is 1. The van der Waals surface area contributed by atoms with Crippen molar-refractivity contribution in [1.82, 2.24) is 19.9 Å². The molecule has 0 saturated carbocycles. The number of fused-ring (bicyclic) bond motifs is 1. The molecule has 0 fully saturated rings. The van der Waals surface area contributed by atoms with Crippen LogP contribution in [-0.2, 0) is 0 Å². The second kappa shape index (κ2) is 2.37. The molecule has 0 amide bonds. The maximum Gasteiger partial charge on any atom is 0.242 e. The highest BCUT2D eigenvalue weighted by Crippen LogP contribution is 2.14. The van der Waals surface area contributed by atoms with Crippen LogP contribution in [0.2, 0.25) is 0 Å². The first-order chi connectivity index (χ1) is 5.77. The highest BCUT2D eigenvalue weighted by atomic mass is 16.3. The van der Waals surface area contributed by atoms with Crippen LogP contribution in [0.25, 0.3) is 11.2 Å². The third-order valence-electron chi connectivity index (χ3n) is 1.45. The van der Waals surface area contributed by atoms with Crippen molar-refractivity contribution in [3.05, 3.63) is 18.2 Å². The molecule has 0 atom stereocenters. The van der Waals surface area contributed by atoms with E-state index in [9.17, 15) is 5.11 Å². The van der Waals surface area contributed by atoms with Gasteiger partial charge in [-0.1, -0.05) is 0 Å². The zero-order chi connectivity index (χ0) is 8.55. The molecule has 5 nitrogen and oxygen atoms in total. The summed E-state index contributed by atoms with van der Waals surface area (Å²) in [5.74, 6) is -0.129. The lowest BCUT2D eigenvalue weighted by Gasteiger charge is -1.96. The predicted octanol–water partition coefficient (Wildman–Crippen LogP) is 0.434. The van der Waals surface area contributed by atoms with Crippen LogP contribution in [0.15, 0.2) is 12.5 Å². The molecule has 0 spiro atoms. The van der Waals surface area contributed by atoms with Crippen molar-refractivity contribution in [3.8, 4) is 5.88 Å². The van der Waals surface area contributed by atoms with Gasteiger partial charge < -0.3 is 5.11 Å². The van der Waals surface area contributed by atoms with Gasteiger partial charge in [-0.15, -0.1) is 0 Å². The molecule has 0 unspecified atom stereocenters. The average molecular weight is 162 g/mol. The van der Waals surface area contributed by atoms with E-state index < -0.39 is 0 Å². The summed E-state index contributed by atoms with van der Waals surface area (Å²) < 4.78 is 0. The third kappa shape index (κ3) is 0.952. The smallest absolute Gasteiger partial charge is 0.242 e. The third-order valence-corrected chi connectivity index (χ3v) is 1.45. The fourth-order valence-electron chi connectivity index (χ4n) is 0.915. The van der Waals surface area contributed by atoms with Gasteiger partial charge in [-0.2, -0.15) is 4.98 Å². The van der Waals surface area contributed by atoms with Gasteiger partial charge in [0.2, 0.25) is 5.88 Å². The van der Waals surface area contributed by atoms with E-state index in [-0.39, 0.29) is 5.88 Å². The average Bonchev–Trinajstić information content (AvgIpc) is 2.07. The molecule has 2 aromatic rings. The molecule has 60 valence electrons. The van der Waals surface area contributed by atoms with E-state index in [1.54, 1.807) is 13.1 Å². The molecule has 2 aromatic heterocycles. The van der Waals surface area contributed by atoms with Gasteiger partial charge in [0.15, 0.2) is 11.2 Å². The molecular formula is C7H6N4O. The number of rotatable bonds is 0. The molecule has 0 radical (unpaired) electrons. The van der Waals surface area contributed by atoms with Gasteiger partial charge in [-0.25, -0.2) is 15.0 Å². The summed E-state index contributed by atoms with van der Waals surface area (Å²) in [6.07, 6.45) is 2.84. The number of aromatic hydroxyl groups is 1. The summed E-state index contributed by atoms with van der Waals surface area (Å²) >= 11 is 0. The molecule has 0 aliphatic rings. The summed E-state index contributed by atoms with van der Waals surface area (Å²) in [7, 11) is 0. The van der Waals surface area contributed by atoms with Crippen LogP contribution in [0, 0.1) is 6.92 Å². The van der Waals surface area contributed by atoms with Crippen molar-refractivity contribution >= 4 is 11.2 Å². The van der Waals surface area contributed by atoms with Gasteiger partial charge in [0.1, 0.15) is 6.33 Å². The molecule has 2 rings (SSSR count). The monoisotopic (exact) mass is 162 g/mol. The summed E-state index contributed by atoms with van der Waals surface area (Å²) in [6, 6.07) is 0. The van der Waals surface area contributed by atoms with Crippen molar-refractivity contribution < 1.29 is 5.11 Å². The summed E-state index contributed by atoms with van der Waals surface area (Å²) in [6.45, 7) is 1.79. The van der Waals surface area contributed by atoms with E-state index in [2.05, 4.69) is 19.9 Å². The van der Waals surface area contributed by atoms with Crippen LogP contribution >= 0.6 is 0 Å². The van der Waals surface area contributed by atoms with E-state index in [1.807, 2.05) is 0 Å². The van der Waals surface area contributed by atoms with Crippen LogP contribution in [0.4, 0.5) is 0 Å². The molecule has 0 aliphatic carbocycles. The minimum absolute atomic E-state index is 0.129. The first kappa shape index (κ1) is 6.90. The van der Waals surface area contributed by atoms with Gasteiger partial charge in [0.25, 0.3) is 0 Å². The Morgan fingerprint density at radius 1 is 1.25 bits per heavy atom. The van der Waals surface area contributed by atoms with E-state index in [0.29, 0.717) is 11.2 Å². The summed E-state index contributed by atoms with van der Waals surface area (Å²) in [4.78, 5) is 15.4. The quantitative estimate of drug-likeness (QED) is 0.608. The second-order valence-electron chi connectivity index (χ2n) is 2.38. The number of aryl methyl sites for hydroxylation is 1. The number of nitrogens with zero attached hydrogens (tertiary/aromatic N) is 4. The first-order valence-electron chi connectivity index (χ1n) is 3.40.